The number of aromatic amines is 2. The zero-order valence-electron chi connectivity index (χ0n) is 9.87. The minimum Gasteiger partial charge on any atom is -0.371 e. The van der Waals surface area contributed by atoms with E-state index >= 15 is 0 Å². The van der Waals surface area contributed by atoms with Gasteiger partial charge >= 0.3 is 0 Å². The Morgan fingerprint density at radius 1 is 1.26 bits per heavy atom. The number of amides is 1. The maximum absolute atomic E-state index is 12.1. The van der Waals surface area contributed by atoms with Crippen LogP contribution >= 0.6 is 11.6 Å². The van der Waals surface area contributed by atoms with Gasteiger partial charge in [0.25, 0.3) is 11.5 Å². The fourth-order valence-corrected chi connectivity index (χ4v) is 2.56. The lowest BCUT2D eigenvalue weighted by Crippen LogP contribution is -2.39. The van der Waals surface area contributed by atoms with Crippen molar-refractivity contribution in [3.8, 4) is 0 Å². The van der Waals surface area contributed by atoms with Crippen LogP contribution in [0.15, 0.2) is 23.0 Å². The lowest BCUT2D eigenvalue weighted by atomic mass is 9.88. The van der Waals surface area contributed by atoms with Crippen LogP contribution in [0.5, 0.6) is 0 Å². The standard InChI is InChI=1S/C12H10ClN3O3/c1-5-9(10(17)16-15-5)12(19)7-4-6(13)2-3-8(7)14-11(12)18/h2-4,19H,1H3,(H,14,18)(H2,15,16,17). The molecule has 2 aromatic rings. The van der Waals surface area contributed by atoms with Crippen molar-refractivity contribution in [1.82, 2.24) is 10.2 Å². The Hall–Kier alpha value is -2.05. The van der Waals surface area contributed by atoms with E-state index in [0.29, 0.717) is 16.4 Å². The lowest BCUT2D eigenvalue weighted by molar-refractivity contribution is -0.129. The Kier molecular flexibility index (Phi) is 2.35. The number of H-pyrrole nitrogens is 2. The molecule has 1 amide bonds. The number of rotatable bonds is 1. The minimum atomic E-state index is -2.03. The van der Waals surface area contributed by atoms with Crippen molar-refractivity contribution in [1.29, 1.82) is 0 Å². The van der Waals surface area contributed by atoms with Gasteiger partial charge in [0.1, 0.15) is 0 Å². The predicted molar refractivity (Wildman–Crippen MR) is 69.2 cm³/mol. The second-order valence-corrected chi connectivity index (χ2v) is 4.87. The van der Waals surface area contributed by atoms with Crippen molar-refractivity contribution >= 4 is 23.2 Å². The zero-order valence-corrected chi connectivity index (χ0v) is 10.6. The molecule has 0 radical (unpaired) electrons. The summed E-state index contributed by atoms with van der Waals surface area (Å²) < 4.78 is 0. The zero-order chi connectivity index (χ0) is 13.8. The van der Waals surface area contributed by atoms with Crippen molar-refractivity contribution in [3.05, 3.63) is 50.4 Å². The molecule has 0 spiro atoms. The summed E-state index contributed by atoms with van der Waals surface area (Å²) in [7, 11) is 0. The molecule has 3 rings (SSSR count). The molecule has 1 aromatic heterocycles. The van der Waals surface area contributed by atoms with Gasteiger partial charge in [0.05, 0.1) is 5.56 Å². The van der Waals surface area contributed by atoms with E-state index in [4.69, 9.17) is 11.6 Å². The van der Waals surface area contributed by atoms with Crippen molar-refractivity contribution in [3.63, 3.8) is 0 Å². The van der Waals surface area contributed by atoms with E-state index in [-0.39, 0.29) is 11.1 Å². The summed E-state index contributed by atoms with van der Waals surface area (Å²) in [5.41, 5.74) is -1.47. The number of halogens is 1. The quantitative estimate of drug-likeness (QED) is 0.623. The van der Waals surface area contributed by atoms with Crippen molar-refractivity contribution in [2.45, 2.75) is 12.5 Å². The highest BCUT2D eigenvalue weighted by atomic mass is 35.5. The molecule has 0 bridgehead atoms. The van der Waals surface area contributed by atoms with E-state index in [2.05, 4.69) is 15.5 Å². The Bertz CT molecular complexity index is 749. The lowest BCUT2D eigenvalue weighted by Gasteiger charge is -2.19. The number of hydrogen-bond donors (Lipinski definition) is 4. The Labute approximate surface area is 112 Å². The van der Waals surface area contributed by atoms with Gasteiger partial charge in [0, 0.05) is 22.0 Å². The molecule has 0 saturated heterocycles. The van der Waals surface area contributed by atoms with E-state index < -0.39 is 17.1 Å². The number of benzene rings is 1. The molecule has 1 unspecified atom stereocenters. The van der Waals surface area contributed by atoms with E-state index in [1.165, 1.54) is 6.07 Å². The molecule has 1 aliphatic rings. The SMILES string of the molecule is Cc1[nH][nH]c(=O)c1C1(O)C(=O)Nc2ccc(Cl)cc21. The third-order valence-corrected chi connectivity index (χ3v) is 3.51. The summed E-state index contributed by atoms with van der Waals surface area (Å²) in [4.78, 5) is 23.9. The number of aromatic nitrogens is 2. The van der Waals surface area contributed by atoms with Gasteiger partial charge in [0.2, 0.25) is 5.60 Å². The molecule has 19 heavy (non-hydrogen) atoms. The van der Waals surface area contributed by atoms with Crippen LogP contribution in [0.2, 0.25) is 5.02 Å². The van der Waals surface area contributed by atoms with E-state index in [1.54, 1.807) is 19.1 Å². The van der Waals surface area contributed by atoms with Crippen molar-refractivity contribution in [2.75, 3.05) is 5.32 Å². The summed E-state index contributed by atoms with van der Waals surface area (Å²) in [6.45, 7) is 1.60. The minimum absolute atomic E-state index is 0.0222. The van der Waals surface area contributed by atoms with Gasteiger partial charge in [-0.05, 0) is 25.1 Å². The van der Waals surface area contributed by atoms with Gasteiger partial charge in [-0.2, -0.15) is 0 Å². The van der Waals surface area contributed by atoms with Crippen molar-refractivity contribution in [2.24, 2.45) is 0 Å². The average Bonchev–Trinajstić information content (AvgIpc) is 2.81. The third-order valence-electron chi connectivity index (χ3n) is 3.28. The summed E-state index contributed by atoms with van der Waals surface area (Å²) in [6.07, 6.45) is 0. The molecule has 6 nitrogen and oxygen atoms in total. The van der Waals surface area contributed by atoms with Crippen LogP contribution in [0.1, 0.15) is 16.8 Å². The molecule has 0 fully saturated rings. The van der Waals surface area contributed by atoms with Crippen LogP contribution < -0.4 is 10.9 Å². The molecule has 7 heteroatoms. The first-order valence-corrected chi connectivity index (χ1v) is 5.94. The van der Waals surface area contributed by atoms with Gasteiger partial charge in [-0.1, -0.05) is 11.6 Å². The average molecular weight is 280 g/mol. The molecule has 1 aromatic carbocycles. The fourth-order valence-electron chi connectivity index (χ4n) is 2.39. The summed E-state index contributed by atoms with van der Waals surface area (Å²) >= 11 is 5.90. The maximum atomic E-state index is 12.1. The fraction of sp³-hybridized carbons (Fsp3) is 0.167. The molecule has 0 saturated carbocycles. The summed E-state index contributed by atoms with van der Waals surface area (Å²) in [6, 6.07) is 4.66. The van der Waals surface area contributed by atoms with Crippen LogP contribution in [0.4, 0.5) is 5.69 Å². The van der Waals surface area contributed by atoms with Crippen LogP contribution in [0, 0.1) is 6.92 Å². The van der Waals surface area contributed by atoms with Crippen LogP contribution in [0.25, 0.3) is 0 Å². The molecular formula is C12H10ClN3O3. The number of carbonyl (C=O) groups is 1. The van der Waals surface area contributed by atoms with Crippen LogP contribution in [0.3, 0.4) is 0 Å². The number of fused-ring (bicyclic) bond motifs is 1. The normalized spacial score (nSPS) is 21.3. The van der Waals surface area contributed by atoms with Gasteiger partial charge in [-0.3, -0.25) is 14.7 Å². The second kappa shape index (κ2) is 3.72. The Morgan fingerprint density at radius 3 is 2.63 bits per heavy atom. The largest absolute Gasteiger partial charge is 0.371 e. The highest BCUT2D eigenvalue weighted by Crippen LogP contribution is 2.41. The van der Waals surface area contributed by atoms with Crippen molar-refractivity contribution < 1.29 is 9.90 Å². The Morgan fingerprint density at radius 2 is 2.00 bits per heavy atom. The Balaban J connectivity index is 2.34. The highest BCUT2D eigenvalue weighted by molar-refractivity contribution is 6.31. The second-order valence-electron chi connectivity index (χ2n) is 4.43. The molecular weight excluding hydrogens is 270 g/mol. The molecule has 1 atom stereocenters. The van der Waals surface area contributed by atoms with Gasteiger partial charge in [-0.25, -0.2) is 0 Å². The highest BCUT2D eigenvalue weighted by Gasteiger charge is 2.50. The molecule has 2 heterocycles. The predicted octanol–water partition coefficient (Wildman–Crippen LogP) is 0.853. The topological polar surface area (TPSA) is 98.0 Å². The molecule has 4 N–H and O–H groups in total. The molecule has 0 aliphatic carbocycles. The smallest absolute Gasteiger partial charge is 0.271 e. The van der Waals surface area contributed by atoms with Gasteiger partial charge in [-0.15, -0.1) is 0 Å². The van der Waals surface area contributed by atoms with Gasteiger partial charge < -0.3 is 15.5 Å². The van der Waals surface area contributed by atoms with E-state index in [0.717, 1.165) is 0 Å². The van der Waals surface area contributed by atoms with Crippen LogP contribution in [-0.2, 0) is 10.4 Å². The van der Waals surface area contributed by atoms with Crippen LogP contribution in [-0.4, -0.2) is 21.2 Å². The number of hydrogen-bond acceptors (Lipinski definition) is 3. The molecule has 98 valence electrons. The number of aliphatic hydroxyl groups is 1. The first-order chi connectivity index (χ1) is 8.94. The number of carbonyl (C=O) groups excluding carboxylic acids is 1. The first-order valence-electron chi connectivity index (χ1n) is 5.56. The number of aryl methyl sites for hydroxylation is 1. The van der Waals surface area contributed by atoms with E-state index in [9.17, 15) is 14.7 Å². The third kappa shape index (κ3) is 1.47. The monoisotopic (exact) mass is 279 g/mol. The summed E-state index contributed by atoms with van der Waals surface area (Å²) in [5, 5.41) is 18.6. The molecule has 1 aliphatic heterocycles. The summed E-state index contributed by atoms with van der Waals surface area (Å²) in [5.74, 6) is -0.669. The maximum Gasteiger partial charge on any atom is 0.271 e. The first kappa shape index (κ1) is 12.0. The number of nitrogens with one attached hydrogen (secondary N) is 3. The van der Waals surface area contributed by atoms with Gasteiger partial charge in [0.15, 0.2) is 0 Å². The van der Waals surface area contributed by atoms with E-state index in [1.807, 2.05) is 0 Å². The number of anilines is 1.